The molecule has 0 fully saturated rings. The minimum absolute atomic E-state index is 0.0586. The zero-order valence-corrected chi connectivity index (χ0v) is 25.6. The van der Waals surface area contributed by atoms with E-state index >= 15 is 0 Å². The molecule has 1 N–H and O–H groups in total. The average Bonchev–Trinajstić information content (AvgIpc) is 3.67. The summed E-state index contributed by atoms with van der Waals surface area (Å²) in [5.41, 5.74) is 4.85. The molecule has 0 bridgehead atoms. The molecule has 0 saturated heterocycles. The number of ether oxygens (including phenoxy) is 1. The van der Waals surface area contributed by atoms with Crippen LogP contribution in [-0.4, -0.2) is 30.2 Å². The Hall–Kier alpha value is -6.36. The van der Waals surface area contributed by atoms with Crippen molar-refractivity contribution in [1.82, 2.24) is 24.3 Å². The normalized spacial score (nSPS) is 11.1. The van der Waals surface area contributed by atoms with Gasteiger partial charge in [0.2, 0.25) is 11.6 Å². The highest BCUT2D eigenvalue weighted by Crippen LogP contribution is 2.44. The second kappa shape index (κ2) is 11.9. The van der Waals surface area contributed by atoms with Crippen molar-refractivity contribution in [2.75, 3.05) is 5.32 Å². The summed E-state index contributed by atoms with van der Waals surface area (Å²) >= 11 is 0. The van der Waals surface area contributed by atoms with Crippen LogP contribution in [0.25, 0.3) is 39.2 Å². The van der Waals surface area contributed by atoms with Crippen LogP contribution < -0.4 is 15.6 Å². The Labute approximate surface area is 267 Å². The molecule has 11 heteroatoms. The van der Waals surface area contributed by atoms with Crippen molar-refractivity contribution >= 4 is 22.7 Å². The van der Waals surface area contributed by atoms with Gasteiger partial charge in [-0.25, -0.2) is 14.4 Å². The van der Waals surface area contributed by atoms with Crippen molar-refractivity contribution < 1.29 is 18.3 Å². The summed E-state index contributed by atoms with van der Waals surface area (Å²) in [6, 6.07) is 23.4. The van der Waals surface area contributed by atoms with Gasteiger partial charge in [0.1, 0.15) is 34.6 Å². The Bertz CT molecular complexity index is 2340. The third-order valence-corrected chi connectivity index (χ3v) is 7.66. The predicted molar refractivity (Wildman–Crippen MR) is 175 cm³/mol. The van der Waals surface area contributed by atoms with Crippen molar-refractivity contribution in [3.05, 3.63) is 137 Å². The lowest BCUT2D eigenvalue weighted by Crippen LogP contribution is -2.29. The Morgan fingerprint density at radius 2 is 1.72 bits per heavy atom. The Morgan fingerprint density at radius 3 is 2.45 bits per heavy atom. The van der Waals surface area contributed by atoms with Gasteiger partial charge in [-0.15, -0.1) is 0 Å². The first-order valence-electron chi connectivity index (χ1n) is 14.7. The molecule has 3 aromatic carbocycles. The monoisotopic (exact) mass is 626 g/mol. The van der Waals surface area contributed by atoms with E-state index in [1.54, 1.807) is 48.1 Å². The van der Waals surface area contributed by atoms with Gasteiger partial charge in [-0.3, -0.25) is 18.8 Å². The van der Waals surface area contributed by atoms with Crippen LogP contribution in [0.1, 0.15) is 21.6 Å². The van der Waals surface area contributed by atoms with Crippen molar-refractivity contribution in [3.63, 3.8) is 0 Å². The van der Waals surface area contributed by atoms with Crippen LogP contribution in [-0.2, 0) is 7.05 Å². The number of hydrogen-bond acceptors (Lipinski definition) is 7. The topological polar surface area (TPSA) is 117 Å². The number of carbonyl (C=O) groups is 1. The predicted octanol–water partition coefficient (Wildman–Crippen LogP) is 7.24. The van der Waals surface area contributed by atoms with E-state index in [1.165, 1.54) is 41.2 Å². The molecular formula is C36H27FN6O4. The van der Waals surface area contributed by atoms with E-state index in [4.69, 9.17) is 9.15 Å². The van der Waals surface area contributed by atoms with Gasteiger partial charge in [-0.2, -0.15) is 5.10 Å². The molecule has 10 nitrogen and oxygen atoms in total. The second-order valence-corrected chi connectivity index (χ2v) is 11.0. The molecule has 0 spiro atoms. The minimum Gasteiger partial charge on any atom is -0.438 e. The fourth-order valence-electron chi connectivity index (χ4n) is 5.43. The molecule has 0 aliphatic rings. The van der Waals surface area contributed by atoms with Crippen molar-refractivity contribution in [3.8, 4) is 39.8 Å². The van der Waals surface area contributed by atoms with Crippen LogP contribution in [0, 0.1) is 19.7 Å². The quantitative estimate of drug-likeness (QED) is 0.198. The fraction of sp³-hybridized carbons (Fsp3) is 0.0833. The van der Waals surface area contributed by atoms with Crippen molar-refractivity contribution in [2.45, 2.75) is 13.8 Å². The van der Waals surface area contributed by atoms with E-state index in [1.807, 2.05) is 38.4 Å². The summed E-state index contributed by atoms with van der Waals surface area (Å²) in [4.78, 5) is 35.3. The molecule has 232 valence electrons. The third kappa shape index (κ3) is 5.66. The minimum atomic E-state index is -0.582. The number of nitrogens with zero attached hydrogens (tertiary/aromatic N) is 5. The molecule has 0 unspecified atom stereocenters. The summed E-state index contributed by atoms with van der Waals surface area (Å²) in [5.74, 6) is 0.341. The molecule has 0 aliphatic carbocycles. The van der Waals surface area contributed by atoms with Gasteiger partial charge < -0.3 is 14.5 Å². The maximum absolute atomic E-state index is 13.5. The van der Waals surface area contributed by atoms with E-state index < -0.39 is 17.3 Å². The van der Waals surface area contributed by atoms with Crippen molar-refractivity contribution in [2.24, 2.45) is 7.05 Å². The number of rotatable bonds is 7. The van der Waals surface area contributed by atoms with Crippen molar-refractivity contribution in [1.29, 1.82) is 0 Å². The highest BCUT2D eigenvalue weighted by molar-refractivity contribution is 6.04. The summed E-state index contributed by atoms with van der Waals surface area (Å²) < 4.78 is 29.1. The van der Waals surface area contributed by atoms with E-state index in [0.717, 1.165) is 22.3 Å². The number of furan rings is 1. The standard InChI is InChI=1S/C36H27FN6O4/c1-21-5-4-6-23(17-21)30-31-34(38-20-39-35(31)47-32(30)24-18-40-42(3)19-24)46-28-14-10-26(11-15-28)41-33(44)29-16-7-22(2)43(36(29)45)27-12-8-25(37)9-13-27/h4-20H,1-3H3,(H,41,44). The lowest BCUT2D eigenvalue weighted by molar-refractivity contribution is 0.102. The maximum atomic E-state index is 13.5. The molecule has 7 aromatic rings. The summed E-state index contributed by atoms with van der Waals surface area (Å²) in [7, 11) is 1.84. The molecule has 4 heterocycles. The number of amides is 1. The Kier molecular flexibility index (Phi) is 7.41. The third-order valence-electron chi connectivity index (χ3n) is 7.66. The number of aromatic nitrogens is 5. The van der Waals surface area contributed by atoms with E-state index in [9.17, 15) is 14.0 Å². The average molecular weight is 627 g/mol. The van der Waals surface area contributed by atoms with Crippen LogP contribution in [0.2, 0.25) is 0 Å². The van der Waals surface area contributed by atoms with Gasteiger partial charge in [0, 0.05) is 35.9 Å². The van der Waals surface area contributed by atoms with Crippen LogP contribution >= 0.6 is 0 Å². The van der Waals surface area contributed by atoms with Gasteiger partial charge in [0.15, 0.2) is 0 Å². The summed E-state index contributed by atoms with van der Waals surface area (Å²) in [6.45, 7) is 3.76. The molecule has 0 aliphatic heterocycles. The van der Waals surface area contributed by atoms with Gasteiger partial charge in [-0.1, -0.05) is 29.8 Å². The number of anilines is 1. The van der Waals surface area contributed by atoms with Gasteiger partial charge >= 0.3 is 0 Å². The first-order chi connectivity index (χ1) is 22.7. The number of pyridine rings is 1. The smallest absolute Gasteiger partial charge is 0.268 e. The SMILES string of the molecule is Cc1cccc(-c2c(-c3cnn(C)c3)oc3ncnc(Oc4ccc(NC(=O)c5ccc(C)n(-c6ccc(F)cc6)c5=O)cc4)c23)c1. The molecule has 0 radical (unpaired) electrons. The molecule has 47 heavy (non-hydrogen) atoms. The van der Waals surface area contributed by atoms with Gasteiger partial charge in [-0.05, 0) is 80.1 Å². The number of nitrogens with one attached hydrogen (secondary N) is 1. The second-order valence-electron chi connectivity index (χ2n) is 11.0. The zero-order chi connectivity index (χ0) is 32.7. The zero-order valence-electron chi connectivity index (χ0n) is 25.6. The van der Waals surface area contributed by atoms with E-state index in [0.29, 0.717) is 45.6 Å². The van der Waals surface area contributed by atoms with E-state index in [2.05, 4.69) is 26.4 Å². The largest absolute Gasteiger partial charge is 0.438 e. The number of hydrogen-bond donors (Lipinski definition) is 1. The molecule has 7 rings (SSSR count). The van der Waals surface area contributed by atoms with Crippen LogP contribution in [0.4, 0.5) is 10.1 Å². The molecule has 1 amide bonds. The maximum Gasteiger partial charge on any atom is 0.268 e. The number of aryl methyl sites for hydroxylation is 3. The number of carbonyl (C=O) groups excluding carboxylic acids is 1. The first-order valence-corrected chi connectivity index (χ1v) is 14.7. The lowest BCUT2D eigenvalue weighted by Gasteiger charge is -2.12. The number of halogens is 1. The lowest BCUT2D eigenvalue weighted by atomic mass is 9.99. The van der Waals surface area contributed by atoms with Crippen LogP contribution in [0.5, 0.6) is 11.6 Å². The molecule has 0 saturated carbocycles. The summed E-state index contributed by atoms with van der Waals surface area (Å²) in [6.07, 6.45) is 4.97. The highest BCUT2D eigenvalue weighted by Gasteiger charge is 2.24. The van der Waals surface area contributed by atoms with Crippen LogP contribution in [0.3, 0.4) is 0 Å². The van der Waals surface area contributed by atoms with E-state index in [-0.39, 0.29) is 5.56 Å². The first kappa shape index (κ1) is 29.4. The summed E-state index contributed by atoms with van der Waals surface area (Å²) in [5, 5.41) is 7.68. The Balaban J connectivity index is 1.18. The number of fused-ring (bicyclic) bond motifs is 1. The fourth-order valence-corrected chi connectivity index (χ4v) is 5.43. The van der Waals surface area contributed by atoms with Gasteiger partial charge in [0.25, 0.3) is 11.5 Å². The molecule has 4 aromatic heterocycles. The molecule has 0 atom stereocenters. The molecular weight excluding hydrogens is 599 g/mol. The Morgan fingerprint density at radius 1 is 0.936 bits per heavy atom. The van der Waals surface area contributed by atoms with Crippen LogP contribution in [0.15, 0.2) is 113 Å². The highest BCUT2D eigenvalue weighted by atomic mass is 19.1. The van der Waals surface area contributed by atoms with Gasteiger partial charge in [0.05, 0.1) is 11.8 Å². The number of benzene rings is 3.